The molecule has 0 aromatic carbocycles. The van der Waals surface area contributed by atoms with Crippen molar-refractivity contribution in [3.05, 3.63) is 29.0 Å². The lowest BCUT2D eigenvalue weighted by molar-refractivity contribution is -0.119. The minimum absolute atomic E-state index is 0.0316. The Morgan fingerprint density at radius 3 is 2.73 bits per heavy atom. The van der Waals surface area contributed by atoms with E-state index < -0.39 is 6.10 Å². The number of ketones is 1. The lowest BCUT2D eigenvalue weighted by atomic mass is 9.46. The highest BCUT2D eigenvalue weighted by atomic mass is 16.3. The Labute approximate surface area is 158 Å². The summed E-state index contributed by atoms with van der Waals surface area (Å²) < 4.78 is 0. The van der Waals surface area contributed by atoms with Crippen molar-refractivity contribution >= 4 is 5.78 Å². The van der Waals surface area contributed by atoms with Crippen molar-refractivity contribution in [2.75, 3.05) is 0 Å². The van der Waals surface area contributed by atoms with Gasteiger partial charge in [0.2, 0.25) is 0 Å². The summed E-state index contributed by atoms with van der Waals surface area (Å²) in [7, 11) is 0. The van der Waals surface area contributed by atoms with Crippen molar-refractivity contribution in [1.29, 1.82) is 0 Å². The first-order chi connectivity index (χ1) is 12.3. The van der Waals surface area contributed by atoms with Crippen LogP contribution < -0.4 is 0 Å². The lowest BCUT2D eigenvalue weighted by Crippen LogP contribution is -2.53. The number of aliphatic hydroxyl groups is 1. The predicted molar refractivity (Wildman–Crippen MR) is 105 cm³/mol. The van der Waals surface area contributed by atoms with Crippen LogP contribution in [0.2, 0.25) is 0 Å². The predicted octanol–water partition coefficient (Wildman–Crippen LogP) is 5.23. The van der Waals surface area contributed by atoms with Gasteiger partial charge < -0.3 is 5.11 Å². The monoisotopic (exact) mass is 354 g/mol. The highest BCUT2D eigenvalue weighted by Gasteiger charge is 2.60. The Kier molecular flexibility index (Phi) is 4.36. The van der Waals surface area contributed by atoms with Gasteiger partial charge >= 0.3 is 0 Å². The number of aliphatic hydroxyl groups excluding tert-OH is 1. The van der Waals surface area contributed by atoms with Crippen molar-refractivity contribution in [2.45, 2.75) is 78.7 Å². The van der Waals surface area contributed by atoms with Crippen LogP contribution in [-0.2, 0) is 4.79 Å². The number of carbonyl (C=O) groups excluding carboxylic acids is 1. The highest BCUT2D eigenvalue weighted by Crippen LogP contribution is 2.67. The average molecular weight is 355 g/mol. The Morgan fingerprint density at radius 2 is 2.00 bits per heavy atom. The lowest BCUT2D eigenvalue weighted by Gasteiger charge is -2.59. The third kappa shape index (κ3) is 2.45. The molecule has 0 spiro atoms. The van der Waals surface area contributed by atoms with Crippen molar-refractivity contribution in [3.63, 3.8) is 0 Å². The molecule has 4 aliphatic rings. The molecule has 2 nitrogen and oxygen atoms in total. The van der Waals surface area contributed by atoms with Crippen LogP contribution in [0.3, 0.4) is 0 Å². The number of hydrogen-bond donors (Lipinski definition) is 1. The maximum atomic E-state index is 12.0. The summed E-state index contributed by atoms with van der Waals surface area (Å²) in [4.78, 5) is 12.0. The molecule has 1 N–H and O–H groups in total. The van der Waals surface area contributed by atoms with Gasteiger partial charge in [-0.05, 0) is 110 Å². The molecule has 0 bridgehead atoms. The van der Waals surface area contributed by atoms with E-state index in [4.69, 9.17) is 0 Å². The molecule has 3 fully saturated rings. The van der Waals surface area contributed by atoms with E-state index in [2.05, 4.69) is 39.5 Å². The normalized spacial score (nSPS) is 47.2. The van der Waals surface area contributed by atoms with Crippen molar-refractivity contribution in [1.82, 2.24) is 0 Å². The fourth-order valence-corrected chi connectivity index (χ4v) is 7.65. The Balaban J connectivity index is 1.69. The van der Waals surface area contributed by atoms with Gasteiger partial charge in [-0.1, -0.05) is 13.8 Å². The summed E-state index contributed by atoms with van der Waals surface area (Å²) in [6, 6.07) is 0. The molecule has 0 aromatic heterocycles. The van der Waals surface area contributed by atoms with Gasteiger partial charge in [0, 0.05) is 6.42 Å². The smallest absolute Gasteiger partial charge is 0.155 e. The van der Waals surface area contributed by atoms with Crippen LogP contribution in [-0.4, -0.2) is 17.0 Å². The van der Waals surface area contributed by atoms with Gasteiger partial charge in [-0.25, -0.2) is 0 Å². The van der Waals surface area contributed by atoms with E-state index in [0.717, 1.165) is 18.4 Å². The number of hydrogen-bond acceptors (Lipinski definition) is 2. The molecule has 7 atom stereocenters. The Morgan fingerprint density at radius 1 is 1.23 bits per heavy atom. The Hall–Kier alpha value is -1.11. The third-order valence-electron chi connectivity index (χ3n) is 8.87. The molecule has 0 aromatic rings. The quantitative estimate of drug-likeness (QED) is 0.655. The van der Waals surface area contributed by atoms with Gasteiger partial charge in [-0.3, -0.25) is 4.79 Å². The average Bonchev–Trinajstić information content (AvgIpc) is 2.94. The van der Waals surface area contributed by atoms with E-state index in [1.165, 1.54) is 31.3 Å². The van der Waals surface area contributed by atoms with Crippen molar-refractivity contribution < 1.29 is 9.90 Å². The fourth-order valence-electron chi connectivity index (χ4n) is 7.65. The minimum Gasteiger partial charge on any atom is -0.389 e. The summed E-state index contributed by atoms with van der Waals surface area (Å²) >= 11 is 0. The highest BCUT2D eigenvalue weighted by molar-refractivity contribution is 5.91. The molecule has 0 aliphatic heterocycles. The standard InChI is InChI=1S/C24H34O2/c1-5-6-15(2)18-7-8-19-17-14-22(26)21-13-16(25)9-11-24(21,4)20(17)10-12-23(18,19)3/h5,13,17-20,22,26H,7-12,14H2,1-4H3/t6?,17?,18?,19?,20?,22-,23-,24-/m1/s1. The molecule has 0 radical (unpaired) electrons. The summed E-state index contributed by atoms with van der Waals surface area (Å²) in [5.74, 6) is 2.78. The van der Waals surface area contributed by atoms with Gasteiger partial charge in [-0.2, -0.15) is 0 Å². The second kappa shape index (κ2) is 6.21. The zero-order chi connectivity index (χ0) is 18.7. The summed E-state index contributed by atoms with van der Waals surface area (Å²) in [5.41, 5.74) is 6.33. The number of rotatable bonds is 1. The number of fused-ring (bicyclic) bond motifs is 5. The molecule has 142 valence electrons. The van der Waals surface area contributed by atoms with Crippen LogP contribution in [0.5, 0.6) is 0 Å². The van der Waals surface area contributed by atoms with Gasteiger partial charge in [-0.15, -0.1) is 5.73 Å². The second-order valence-corrected chi connectivity index (χ2v) is 9.90. The van der Waals surface area contributed by atoms with E-state index >= 15 is 0 Å². The SMILES string of the molecule is CC=C=C(C)C1CCC2C3C[C@@H](O)C4=CC(=O)CC[C@]4(C)C3CC[C@]12C. The molecule has 0 heterocycles. The van der Waals surface area contributed by atoms with Crippen LogP contribution in [0.25, 0.3) is 0 Å². The number of carbonyl (C=O) groups is 1. The van der Waals surface area contributed by atoms with Crippen LogP contribution in [0.15, 0.2) is 29.0 Å². The first-order valence-corrected chi connectivity index (χ1v) is 10.6. The Bertz CT molecular complexity index is 710. The van der Waals surface area contributed by atoms with E-state index in [0.29, 0.717) is 35.5 Å². The maximum Gasteiger partial charge on any atom is 0.155 e. The first-order valence-electron chi connectivity index (χ1n) is 10.6. The summed E-state index contributed by atoms with van der Waals surface area (Å²) in [6.45, 7) is 9.17. The molecular weight excluding hydrogens is 320 g/mol. The molecule has 0 amide bonds. The molecule has 4 aliphatic carbocycles. The van der Waals surface area contributed by atoms with E-state index in [1.807, 2.05) is 0 Å². The van der Waals surface area contributed by atoms with Crippen molar-refractivity contribution in [2.24, 2.45) is 34.5 Å². The zero-order valence-electron chi connectivity index (χ0n) is 16.8. The molecular formula is C24H34O2. The van der Waals surface area contributed by atoms with Crippen LogP contribution in [0.1, 0.15) is 72.6 Å². The second-order valence-electron chi connectivity index (χ2n) is 9.90. The van der Waals surface area contributed by atoms with Crippen LogP contribution in [0, 0.1) is 34.5 Å². The zero-order valence-corrected chi connectivity index (χ0v) is 16.8. The van der Waals surface area contributed by atoms with Gasteiger partial charge in [0.25, 0.3) is 0 Å². The fraction of sp³-hybridized carbons (Fsp3) is 0.750. The van der Waals surface area contributed by atoms with Crippen LogP contribution in [0.4, 0.5) is 0 Å². The summed E-state index contributed by atoms with van der Waals surface area (Å²) in [6.07, 6.45) is 11.0. The molecule has 4 rings (SSSR count). The maximum absolute atomic E-state index is 12.0. The molecule has 26 heavy (non-hydrogen) atoms. The molecule has 4 unspecified atom stereocenters. The van der Waals surface area contributed by atoms with Crippen LogP contribution >= 0.6 is 0 Å². The molecule has 2 heteroatoms. The van der Waals surface area contributed by atoms with Gasteiger partial charge in [0.05, 0.1) is 6.10 Å². The largest absolute Gasteiger partial charge is 0.389 e. The first kappa shape index (κ1) is 18.3. The van der Waals surface area contributed by atoms with Gasteiger partial charge in [0.1, 0.15) is 0 Å². The van der Waals surface area contributed by atoms with Crippen molar-refractivity contribution in [3.8, 4) is 0 Å². The number of allylic oxidation sites excluding steroid dienone is 1. The van der Waals surface area contributed by atoms with Gasteiger partial charge in [0.15, 0.2) is 5.78 Å². The summed E-state index contributed by atoms with van der Waals surface area (Å²) in [5, 5.41) is 10.9. The molecule has 0 saturated heterocycles. The van der Waals surface area contributed by atoms with E-state index in [-0.39, 0.29) is 11.2 Å². The third-order valence-corrected chi connectivity index (χ3v) is 8.87. The van der Waals surface area contributed by atoms with E-state index in [1.54, 1.807) is 6.08 Å². The minimum atomic E-state index is -0.418. The topological polar surface area (TPSA) is 37.3 Å². The van der Waals surface area contributed by atoms with E-state index in [9.17, 15) is 9.90 Å². The molecule has 3 saturated carbocycles.